The minimum absolute atomic E-state index is 0.855. The Morgan fingerprint density at radius 2 is 2.05 bits per heavy atom. The Morgan fingerprint density at radius 3 is 2.95 bits per heavy atom. The van der Waals surface area contributed by atoms with Gasteiger partial charge < -0.3 is 10.1 Å². The predicted octanol–water partition coefficient (Wildman–Crippen LogP) is 1.49. The fraction of sp³-hybridized carbons (Fsp3) is 0.471. The van der Waals surface area contributed by atoms with Gasteiger partial charge in [0, 0.05) is 44.5 Å². The number of rotatable bonds is 4. The molecule has 2 aromatic rings. The van der Waals surface area contributed by atoms with Crippen molar-refractivity contribution in [3.63, 3.8) is 0 Å². The van der Waals surface area contributed by atoms with Crippen LogP contribution < -0.4 is 5.32 Å². The molecule has 116 valence electrons. The van der Waals surface area contributed by atoms with E-state index in [1.165, 1.54) is 22.3 Å². The van der Waals surface area contributed by atoms with Crippen molar-refractivity contribution >= 4 is 0 Å². The van der Waals surface area contributed by atoms with E-state index in [0.717, 1.165) is 52.5 Å². The number of ether oxygens (including phenoxy) is 1. The lowest BCUT2D eigenvalue weighted by molar-refractivity contribution is 0.0360. The minimum atomic E-state index is 0.855. The first-order chi connectivity index (χ1) is 10.9. The topological polar surface area (TPSA) is 42.3 Å². The number of benzene rings is 1. The summed E-state index contributed by atoms with van der Waals surface area (Å²) in [6, 6.07) is 6.56. The van der Waals surface area contributed by atoms with Crippen LogP contribution >= 0.6 is 0 Å². The maximum Gasteiger partial charge on any atom is 0.0594 e. The highest BCUT2D eigenvalue weighted by atomic mass is 16.5. The molecule has 2 aliphatic heterocycles. The van der Waals surface area contributed by atoms with Crippen molar-refractivity contribution < 1.29 is 4.74 Å². The summed E-state index contributed by atoms with van der Waals surface area (Å²) in [6.07, 6.45) is 4.17. The van der Waals surface area contributed by atoms with Gasteiger partial charge in [0.1, 0.15) is 0 Å². The van der Waals surface area contributed by atoms with E-state index in [9.17, 15) is 0 Å². The van der Waals surface area contributed by atoms with Crippen LogP contribution in [0.3, 0.4) is 0 Å². The lowest BCUT2D eigenvalue weighted by Crippen LogP contribution is -2.38. The Kier molecular flexibility index (Phi) is 3.93. The van der Waals surface area contributed by atoms with E-state index < -0.39 is 0 Å². The SMILES string of the molecule is c1cc2c(c(-c3cnn(CCN4CCOCC4)c3)c1)CNC2. The highest BCUT2D eigenvalue weighted by Gasteiger charge is 2.16. The largest absolute Gasteiger partial charge is 0.379 e. The van der Waals surface area contributed by atoms with Crippen LogP contribution in [0.4, 0.5) is 0 Å². The second kappa shape index (κ2) is 6.20. The van der Waals surface area contributed by atoms with E-state index in [-0.39, 0.29) is 0 Å². The average Bonchev–Trinajstić information content (AvgIpc) is 3.22. The third kappa shape index (κ3) is 2.79. The summed E-state index contributed by atoms with van der Waals surface area (Å²) in [5, 5.41) is 7.97. The summed E-state index contributed by atoms with van der Waals surface area (Å²) >= 11 is 0. The Balaban J connectivity index is 1.46. The second-order valence-electron chi connectivity index (χ2n) is 5.99. The van der Waals surface area contributed by atoms with E-state index in [1.54, 1.807) is 0 Å². The smallest absolute Gasteiger partial charge is 0.0594 e. The van der Waals surface area contributed by atoms with Crippen LogP contribution in [0.2, 0.25) is 0 Å². The van der Waals surface area contributed by atoms with Gasteiger partial charge in [0.05, 0.1) is 26.0 Å². The summed E-state index contributed by atoms with van der Waals surface area (Å²) in [5.41, 5.74) is 5.39. The third-order valence-electron chi connectivity index (χ3n) is 4.58. The summed E-state index contributed by atoms with van der Waals surface area (Å²) in [7, 11) is 0. The lowest BCUT2D eigenvalue weighted by atomic mass is 9.99. The van der Waals surface area contributed by atoms with Gasteiger partial charge in [-0.05, 0) is 16.7 Å². The standard InChI is InChI=1S/C17H22N4O/c1-2-14-10-18-12-17(14)16(3-1)15-11-19-21(13-15)5-4-20-6-8-22-9-7-20/h1-3,11,13,18H,4-10,12H2. The number of hydrogen-bond acceptors (Lipinski definition) is 4. The van der Waals surface area contributed by atoms with Crippen molar-refractivity contribution in [2.45, 2.75) is 19.6 Å². The molecule has 1 aromatic heterocycles. The van der Waals surface area contributed by atoms with Crippen molar-refractivity contribution in [1.29, 1.82) is 0 Å². The van der Waals surface area contributed by atoms with Gasteiger partial charge in [-0.3, -0.25) is 9.58 Å². The number of aromatic nitrogens is 2. The van der Waals surface area contributed by atoms with Crippen molar-refractivity contribution in [1.82, 2.24) is 20.0 Å². The zero-order valence-electron chi connectivity index (χ0n) is 12.8. The zero-order valence-corrected chi connectivity index (χ0v) is 12.8. The minimum Gasteiger partial charge on any atom is -0.379 e. The van der Waals surface area contributed by atoms with E-state index in [0.29, 0.717) is 0 Å². The molecule has 5 nitrogen and oxygen atoms in total. The van der Waals surface area contributed by atoms with Crippen LogP contribution in [0.25, 0.3) is 11.1 Å². The summed E-state index contributed by atoms with van der Waals surface area (Å²) in [6.45, 7) is 7.70. The van der Waals surface area contributed by atoms with Crippen molar-refractivity contribution in [2.24, 2.45) is 0 Å². The van der Waals surface area contributed by atoms with Crippen molar-refractivity contribution in [3.8, 4) is 11.1 Å². The molecule has 1 saturated heterocycles. The molecule has 0 atom stereocenters. The first kappa shape index (κ1) is 13.9. The van der Waals surface area contributed by atoms with Gasteiger partial charge >= 0.3 is 0 Å². The van der Waals surface area contributed by atoms with Crippen LogP contribution in [0.1, 0.15) is 11.1 Å². The fourth-order valence-electron chi connectivity index (χ4n) is 3.30. The highest BCUT2D eigenvalue weighted by Crippen LogP contribution is 2.28. The molecular formula is C17H22N4O. The van der Waals surface area contributed by atoms with Crippen LogP contribution in [-0.2, 0) is 24.4 Å². The molecule has 0 unspecified atom stereocenters. The van der Waals surface area contributed by atoms with Crippen LogP contribution in [0.15, 0.2) is 30.6 Å². The van der Waals surface area contributed by atoms with Gasteiger partial charge in [0.15, 0.2) is 0 Å². The molecule has 2 aliphatic rings. The van der Waals surface area contributed by atoms with Gasteiger partial charge in [-0.2, -0.15) is 5.10 Å². The Hall–Kier alpha value is -1.69. The quantitative estimate of drug-likeness (QED) is 0.928. The number of morpholine rings is 1. The second-order valence-corrected chi connectivity index (χ2v) is 5.99. The van der Waals surface area contributed by atoms with E-state index in [1.807, 2.05) is 6.20 Å². The van der Waals surface area contributed by atoms with Crippen LogP contribution in [0.5, 0.6) is 0 Å². The Labute approximate surface area is 130 Å². The maximum atomic E-state index is 5.39. The zero-order chi connectivity index (χ0) is 14.8. The lowest BCUT2D eigenvalue weighted by Gasteiger charge is -2.26. The monoisotopic (exact) mass is 298 g/mol. The third-order valence-corrected chi connectivity index (χ3v) is 4.58. The summed E-state index contributed by atoms with van der Waals surface area (Å²) in [5.74, 6) is 0. The van der Waals surface area contributed by atoms with Crippen LogP contribution in [0, 0.1) is 0 Å². The molecule has 0 spiro atoms. The van der Waals surface area contributed by atoms with Crippen molar-refractivity contribution in [3.05, 3.63) is 41.7 Å². The molecule has 0 amide bonds. The molecule has 22 heavy (non-hydrogen) atoms. The number of nitrogens with zero attached hydrogens (tertiary/aromatic N) is 3. The Morgan fingerprint density at radius 1 is 1.14 bits per heavy atom. The number of fused-ring (bicyclic) bond motifs is 1. The molecular weight excluding hydrogens is 276 g/mol. The summed E-state index contributed by atoms with van der Waals surface area (Å²) in [4.78, 5) is 2.44. The number of nitrogens with one attached hydrogen (secondary N) is 1. The molecule has 0 saturated carbocycles. The van der Waals surface area contributed by atoms with Gasteiger partial charge in [-0.15, -0.1) is 0 Å². The first-order valence-corrected chi connectivity index (χ1v) is 8.04. The molecule has 0 radical (unpaired) electrons. The first-order valence-electron chi connectivity index (χ1n) is 8.04. The average molecular weight is 298 g/mol. The molecule has 1 fully saturated rings. The van der Waals surface area contributed by atoms with Gasteiger partial charge in [-0.1, -0.05) is 18.2 Å². The highest BCUT2D eigenvalue weighted by molar-refractivity contribution is 5.68. The predicted molar refractivity (Wildman–Crippen MR) is 85.5 cm³/mol. The molecule has 1 aromatic carbocycles. The van der Waals surface area contributed by atoms with Crippen LogP contribution in [-0.4, -0.2) is 47.5 Å². The Bertz CT molecular complexity index is 646. The molecule has 4 rings (SSSR count). The maximum absolute atomic E-state index is 5.39. The summed E-state index contributed by atoms with van der Waals surface area (Å²) < 4.78 is 7.45. The number of hydrogen-bond donors (Lipinski definition) is 1. The van der Waals surface area contributed by atoms with Gasteiger partial charge in [-0.25, -0.2) is 0 Å². The van der Waals surface area contributed by atoms with Crippen molar-refractivity contribution in [2.75, 3.05) is 32.8 Å². The molecule has 5 heteroatoms. The van der Waals surface area contributed by atoms with Gasteiger partial charge in [0.25, 0.3) is 0 Å². The van der Waals surface area contributed by atoms with E-state index in [2.05, 4.69) is 44.4 Å². The normalized spacial score (nSPS) is 18.5. The molecule has 0 bridgehead atoms. The van der Waals surface area contributed by atoms with Gasteiger partial charge in [0.2, 0.25) is 0 Å². The fourth-order valence-corrected chi connectivity index (χ4v) is 3.30. The van der Waals surface area contributed by atoms with E-state index in [4.69, 9.17) is 4.74 Å². The molecule has 0 aliphatic carbocycles. The molecule has 3 heterocycles. The molecule has 1 N–H and O–H groups in total. The van der Waals surface area contributed by atoms with E-state index >= 15 is 0 Å².